The number of benzene rings is 2. The van der Waals surface area contributed by atoms with Crippen LogP contribution >= 0.6 is 0 Å². The molecule has 0 N–H and O–H groups in total. The Hall–Kier alpha value is -3.08. The van der Waals surface area contributed by atoms with E-state index in [1.54, 1.807) is 6.20 Å². The van der Waals surface area contributed by atoms with E-state index < -0.39 is 0 Å². The van der Waals surface area contributed by atoms with Crippen molar-refractivity contribution in [3.63, 3.8) is 0 Å². The van der Waals surface area contributed by atoms with E-state index >= 15 is 0 Å². The van der Waals surface area contributed by atoms with E-state index in [1.807, 2.05) is 54.3 Å². The monoisotopic (exact) mass is 390 g/mol. The lowest BCUT2D eigenvalue weighted by atomic mass is 10.0. The number of nitrogens with zero attached hydrogens (tertiary/aromatic N) is 2. The van der Waals surface area contributed by atoms with Crippen LogP contribution in [-0.4, -0.2) is 28.9 Å². The molecule has 0 bridgehead atoms. The molecule has 150 valence electrons. The van der Waals surface area contributed by atoms with Crippen molar-refractivity contribution in [1.82, 2.24) is 9.88 Å². The summed E-state index contributed by atoms with van der Waals surface area (Å²) in [5, 5.41) is 0. The second-order valence-corrected chi connectivity index (χ2v) is 7.23. The maximum absolute atomic E-state index is 12.9. The molecule has 3 aromatic rings. The summed E-state index contributed by atoms with van der Waals surface area (Å²) in [7, 11) is 0. The van der Waals surface area contributed by atoms with Crippen LogP contribution in [0.25, 0.3) is 11.3 Å². The molecule has 1 aromatic heterocycles. The number of hydrogen-bond acceptors (Lipinski definition) is 4. The van der Waals surface area contributed by atoms with Gasteiger partial charge in [-0.3, -0.25) is 4.79 Å². The molecule has 1 atom stereocenters. The molecule has 1 aliphatic heterocycles. The molecular weight excluding hydrogens is 364 g/mol. The molecule has 5 heteroatoms. The van der Waals surface area contributed by atoms with Crippen LogP contribution in [0.15, 0.2) is 65.2 Å². The topological polar surface area (TPSA) is 55.6 Å². The van der Waals surface area contributed by atoms with Crippen LogP contribution in [-0.2, 0) is 11.2 Å². The summed E-state index contributed by atoms with van der Waals surface area (Å²) in [4.78, 5) is 19.2. The van der Waals surface area contributed by atoms with E-state index in [2.05, 4.69) is 17.1 Å². The first-order chi connectivity index (χ1) is 14.2. The Balaban J connectivity index is 1.37. The molecule has 4 rings (SSSR count). The molecule has 2 heterocycles. The van der Waals surface area contributed by atoms with Crippen LogP contribution < -0.4 is 4.74 Å². The Bertz CT molecular complexity index is 934. The second-order valence-electron chi connectivity index (χ2n) is 7.23. The standard InChI is InChI=1S/C24H26N2O3/c1-2-28-20-12-10-18(11-13-20)21-9-6-16-26(21)24(27)15-14-23-25-17-22(29-23)19-7-4-3-5-8-19/h3-5,7-8,10-13,17,21H,2,6,9,14-16H2,1H3. The highest BCUT2D eigenvalue weighted by molar-refractivity contribution is 5.77. The predicted molar refractivity (Wildman–Crippen MR) is 112 cm³/mol. The zero-order valence-corrected chi connectivity index (χ0v) is 16.7. The van der Waals surface area contributed by atoms with Crippen LogP contribution in [0.5, 0.6) is 5.75 Å². The highest BCUT2D eigenvalue weighted by atomic mass is 16.5. The summed E-state index contributed by atoms with van der Waals surface area (Å²) in [5.74, 6) is 2.36. The molecule has 1 aliphatic rings. The van der Waals surface area contributed by atoms with Gasteiger partial charge in [-0.05, 0) is 37.5 Å². The lowest BCUT2D eigenvalue weighted by molar-refractivity contribution is -0.132. The Morgan fingerprint density at radius 1 is 1.17 bits per heavy atom. The molecule has 0 radical (unpaired) electrons. The van der Waals surface area contributed by atoms with Crippen LogP contribution in [0.1, 0.15) is 43.7 Å². The van der Waals surface area contributed by atoms with Gasteiger partial charge in [0.2, 0.25) is 5.91 Å². The van der Waals surface area contributed by atoms with Crippen molar-refractivity contribution in [2.24, 2.45) is 0 Å². The van der Waals surface area contributed by atoms with Crippen molar-refractivity contribution in [2.45, 2.75) is 38.6 Å². The summed E-state index contributed by atoms with van der Waals surface area (Å²) >= 11 is 0. The highest BCUT2D eigenvalue weighted by Gasteiger charge is 2.29. The first-order valence-corrected chi connectivity index (χ1v) is 10.3. The fourth-order valence-corrected chi connectivity index (χ4v) is 3.88. The van der Waals surface area contributed by atoms with Gasteiger partial charge >= 0.3 is 0 Å². The summed E-state index contributed by atoms with van der Waals surface area (Å²) in [6.07, 6.45) is 4.67. The van der Waals surface area contributed by atoms with Gasteiger partial charge in [0, 0.05) is 24.9 Å². The second kappa shape index (κ2) is 8.95. The summed E-state index contributed by atoms with van der Waals surface area (Å²) in [6, 6.07) is 18.1. The first-order valence-electron chi connectivity index (χ1n) is 10.3. The number of aryl methyl sites for hydroxylation is 1. The predicted octanol–water partition coefficient (Wildman–Crippen LogP) is 5.04. The molecule has 1 amide bonds. The van der Waals surface area contributed by atoms with Crippen molar-refractivity contribution < 1.29 is 13.9 Å². The third-order valence-electron chi connectivity index (χ3n) is 5.31. The van der Waals surface area contributed by atoms with Crippen molar-refractivity contribution in [2.75, 3.05) is 13.2 Å². The van der Waals surface area contributed by atoms with Gasteiger partial charge < -0.3 is 14.1 Å². The molecule has 29 heavy (non-hydrogen) atoms. The quantitative estimate of drug-likeness (QED) is 0.567. The fourth-order valence-electron chi connectivity index (χ4n) is 3.88. The third-order valence-corrected chi connectivity index (χ3v) is 5.31. The lowest BCUT2D eigenvalue weighted by Gasteiger charge is -2.25. The van der Waals surface area contributed by atoms with Crippen molar-refractivity contribution >= 4 is 5.91 Å². The zero-order chi connectivity index (χ0) is 20.1. The maximum Gasteiger partial charge on any atom is 0.223 e. The van der Waals surface area contributed by atoms with Gasteiger partial charge in [-0.25, -0.2) is 4.98 Å². The van der Waals surface area contributed by atoms with Crippen LogP contribution in [0, 0.1) is 0 Å². The van der Waals surface area contributed by atoms with Gasteiger partial charge in [-0.15, -0.1) is 0 Å². The molecule has 1 unspecified atom stereocenters. The van der Waals surface area contributed by atoms with E-state index in [1.165, 1.54) is 5.56 Å². The Morgan fingerprint density at radius 3 is 2.72 bits per heavy atom. The van der Waals surface area contributed by atoms with E-state index in [0.29, 0.717) is 25.3 Å². The SMILES string of the molecule is CCOc1ccc(C2CCCN2C(=O)CCc2ncc(-c3ccccc3)o2)cc1. The number of likely N-dealkylation sites (tertiary alicyclic amines) is 1. The minimum absolute atomic E-state index is 0.141. The number of carbonyl (C=O) groups is 1. The molecule has 2 aromatic carbocycles. The van der Waals surface area contributed by atoms with Crippen LogP contribution in [0.2, 0.25) is 0 Å². The van der Waals surface area contributed by atoms with Gasteiger partial charge in [-0.2, -0.15) is 0 Å². The fraction of sp³-hybridized carbons (Fsp3) is 0.333. The van der Waals surface area contributed by atoms with Gasteiger partial charge in [0.25, 0.3) is 0 Å². The Labute approximate surface area is 171 Å². The van der Waals surface area contributed by atoms with E-state index in [-0.39, 0.29) is 11.9 Å². The third kappa shape index (κ3) is 4.50. The van der Waals surface area contributed by atoms with Gasteiger partial charge in [-0.1, -0.05) is 42.5 Å². The largest absolute Gasteiger partial charge is 0.494 e. The average molecular weight is 390 g/mol. The van der Waals surface area contributed by atoms with Crippen LogP contribution in [0.3, 0.4) is 0 Å². The van der Waals surface area contributed by atoms with Gasteiger partial charge in [0.15, 0.2) is 11.7 Å². The Morgan fingerprint density at radius 2 is 1.97 bits per heavy atom. The number of carbonyl (C=O) groups excluding carboxylic acids is 1. The molecule has 5 nitrogen and oxygen atoms in total. The molecule has 1 fully saturated rings. The van der Waals surface area contributed by atoms with Crippen LogP contribution in [0.4, 0.5) is 0 Å². The van der Waals surface area contributed by atoms with Gasteiger partial charge in [0.05, 0.1) is 18.8 Å². The van der Waals surface area contributed by atoms with Crippen molar-refractivity contribution in [3.8, 4) is 17.1 Å². The smallest absolute Gasteiger partial charge is 0.223 e. The van der Waals surface area contributed by atoms with Gasteiger partial charge in [0.1, 0.15) is 5.75 Å². The zero-order valence-electron chi connectivity index (χ0n) is 16.7. The molecule has 0 spiro atoms. The normalized spacial score (nSPS) is 16.2. The number of hydrogen-bond donors (Lipinski definition) is 0. The molecule has 0 saturated carbocycles. The first kappa shape index (κ1) is 19.2. The summed E-state index contributed by atoms with van der Waals surface area (Å²) in [5.41, 5.74) is 2.16. The summed E-state index contributed by atoms with van der Waals surface area (Å²) < 4.78 is 11.4. The summed E-state index contributed by atoms with van der Waals surface area (Å²) in [6.45, 7) is 3.43. The number of rotatable bonds is 7. The highest BCUT2D eigenvalue weighted by Crippen LogP contribution is 2.33. The molecular formula is C24H26N2O3. The number of aromatic nitrogens is 1. The molecule has 0 aliphatic carbocycles. The minimum Gasteiger partial charge on any atom is -0.494 e. The lowest BCUT2D eigenvalue weighted by Crippen LogP contribution is -2.30. The number of ether oxygens (including phenoxy) is 1. The number of oxazole rings is 1. The van der Waals surface area contributed by atoms with E-state index in [9.17, 15) is 4.79 Å². The average Bonchev–Trinajstić information content (AvgIpc) is 3.43. The molecule has 1 saturated heterocycles. The number of amides is 1. The van der Waals surface area contributed by atoms with Crippen molar-refractivity contribution in [1.29, 1.82) is 0 Å². The Kier molecular flexibility index (Phi) is 5.94. The van der Waals surface area contributed by atoms with Crippen molar-refractivity contribution in [3.05, 3.63) is 72.2 Å². The van der Waals surface area contributed by atoms with E-state index in [4.69, 9.17) is 9.15 Å². The maximum atomic E-state index is 12.9. The minimum atomic E-state index is 0.141. The van der Waals surface area contributed by atoms with E-state index in [0.717, 1.165) is 36.5 Å².